The Balaban J connectivity index is 1.40. The number of benzene rings is 3. The maximum Gasteiger partial charge on any atom is 0.277 e. The molecule has 0 spiro atoms. The zero-order valence-corrected chi connectivity index (χ0v) is 22.2. The minimum atomic E-state index is -0.341. The molecule has 0 aliphatic carbocycles. The minimum Gasteiger partial charge on any atom is -0.496 e. The lowest BCUT2D eigenvalue weighted by Crippen LogP contribution is -2.45. The van der Waals surface area contributed by atoms with Crippen LogP contribution in [-0.4, -0.2) is 37.9 Å². The van der Waals surface area contributed by atoms with Crippen LogP contribution < -0.4 is 19.8 Å². The van der Waals surface area contributed by atoms with Crippen molar-refractivity contribution in [2.75, 3.05) is 25.2 Å². The number of nitrogens with one attached hydrogen (secondary N) is 1. The SMILES string of the molecule is CCCN1c2cc(OC)c(/C=N/NC(=O)COc3ccc(-c4ccccc4)cc3)cc2C(C)=CC1(C)C. The predicted molar refractivity (Wildman–Crippen MR) is 151 cm³/mol. The second-order valence-corrected chi connectivity index (χ2v) is 9.72. The molecule has 1 heterocycles. The van der Waals surface area contributed by atoms with Crippen LogP contribution >= 0.6 is 0 Å². The van der Waals surface area contributed by atoms with Crippen LogP contribution in [0.3, 0.4) is 0 Å². The summed E-state index contributed by atoms with van der Waals surface area (Å²) in [4.78, 5) is 14.7. The average Bonchev–Trinajstić information content (AvgIpc) is 2.90. The Bertz CT molecular complexity index is 1300. The first kappa shape index (κ1) is 26.0. The highest BCUT2D eigenvalue weighted by Gasteiger charge is 2.31. The highest BCUT2D eigenvalue weighted by atomic mass is 16.5. The maximum atomic E-state index is 12.3. The number of hydrazone groups is 1. The van der Waals surface area contributed by atoms with Crippen molar-refractivity contribution in [1.82, 2.24) is 5.43 Å². The molecule has 0 saturated carbocycles. The Morgan fingerprint density at radius 2 is 1.76 bits per heavy atom. The van der Waals surface area contributed by atoms with E-state index < -0.39 is 0 Å². The zero-order chi connectivity index (χ0) is 26.4. The van der Waals surface area contributed by atoms with Crippen LogP contribution in [0.15, 0.2) is 77.9 Å². The molecular weight excluding hydrogens is 462 g/mol. The molecule has 3 aromatic carbocycles. The second-order valence-electron chi connectivity index (χ2n) is 9.72. The van der Waals surface area contributed by atoms with E-state index in [2.05, 4.69) is 73.5 Å². The van der Waals surface area contributed by atoms with Crippen molar-refractivity contribution in [3.05, 3.63) is 83.9 Å². The van der Waals surface area contributed by atoms with Crippen molar-refractivity contribution >= 4 is 23.4 Å². The van der Waals surface area contributed by atoms with Crippen molar-refractivity contribution < 1.29 is 14.3 Å². The van der Waals surface area contributed by atoms with Gasteiger partial charge in [0.1, 0.15) is 11.5 Å². The fourth-order valence-corrected chi connectivity index (χ4v) is 4.76. The topological polar surface area (TPSA) is 63.2 Å². The Labute approximate surface area is 219 Å². The molecular formula is C31H35N3O3. The molecule has 192 valence electrons. The van der Waals surface area contributed by atoms with E-state index in [1.165, 1.54) is 5.57 Å². The normalized spacial score (nSPS) is 14.2. The van der Waals surface area contributed by atoms with Gasteiger partial charge in [0.05, 0.1) is 18.9 Å². The summed E-state index contributed by atoms with van der Waals surface area (Å²) in [6, 6.07) is 21.9. The van der Waals surface area contributed by atoms with E-state index in [1.807, 2.05) is 42.5 Å². The maximum absolute atomic E-state index is 12.3. The third kappa shape index (κ3) is 6.02. The van der Waals surface area contributed by atoms with Crippen molar-refractivity contribution in [1.29, 1.82) is 0 Å². The standard InChI is InChI=1S/C31H35N3O3/c1-6-16-34-28-18-29(36-5)25(17-27(28)22(2)19-31(34,3)4)20-32-33-30(35)21-37-26-14-12-24(13-15-26)23-10-8-7-9-11-23/h7-15,17-20H,6,16,21H2,1-5H3,(H,33,35)/b32-20+. The van der Waals surface area contributed by atoms with E-state index in [9.17, 15) is 4.79 Å². The summed E-state index contributed by atoms with van der Waals surface area (Å²) in [5.74, 6) is 0.988. The Kier molecular flexibility index (Phi) is 7.97. The van der Waals surface area contributed by atoms with Gasteiger partial charge in [-0.2, -0.15) is 5.10 Å². The Hall–Kier alpha value is -4.06. The van der Waals surface area contributed by atoms with Gasteiger partial charge in [-0.05, 0) is 62.1 Å². The summed E-state index contributed by atoms with van der Waals surface area (Å²) in [6.45, 7) is 9.59. The van der Waals surface area contributed by atoms with Gasteiger partial charge in [-0.25, -0.2) is 5.43 Å². The molecule has 6 nitrogen and oxygen atoms in total. The summed E-state index contributed by atoms with van der Waals surface area (Å²) in [7, 11) is 1.65. The first-order valence-corrected chi connectivity index (χ1v) is 12.6. The van der Waals surface area contributed by atoms with E-state index in [1.54, 1.807) is 13.3 Å². The molecule has 37 heavy (non-hydrogen) atoms. The fourth-order valence-electron chi connectivity index (χ4n) is 4.76. The number of carbonyl (C=O) groups excluding carboxylic acids is 1. The molecule has 0 unspecified atom stereocenters. The number of hydrogen-bond donors (Lipinski definition) is 1. The fraction of sp³-hybridized carbons (Fsp3) is 0.290. The highest BCUT2D eigenvalue weighted by Crippen LogP contribution is 2.41. The number of ether oxygens (including phenoxy) is 2. The quantitative estimate of drug-likeness (QED) is 0.278. The smallest absolute Gasteiger partial charge is 0.277 e. The molecule has 1 amide bonds. The van der Waals surface area contributed by atoms with E-state index in [0.717, 1.165) is 40.9 Å². The van der Waals surface area contributed by atoms with Gasteiger partial charge in [0.15, 0.2) is 6.61 Å². The van der Waals surface area contributed by atoms with Gasteiger partial charge in [0.2, 0.25) is 0 Å². The number of hydrogen-bond acceptors (Lipinski definition) is 5. The van der Waals surface area contributed by atoms with E-state index in [-0.39, 0.29) is 18.1 Å². The lowest BCUT2D eigenvalue weighted by atomic mass is 9.87. The van der Waals surface area contributed by atoms with Crippen molar-refractivity contribution in [3.8, 4) is 22.6 Å². The molecule has 0 saturated heterocycles. The second kappa shape index (κ2) is 11.3. The molecule has 4 rings (SSSR count). The highest BCUT2D eigenvalue weighted by molar-refractivity contribution is 5.91. The van der Waals surface area contributed by atoms with E-state index in [4.69, 9.17) is 9.47 Å². The third-order valence-corrected chi connectivity index (χ3v) is 6.50. The zero-order valence-electron chi connectivity index (χ0n) is 22.2. The molecule has 0 bridgehead atoms. The number of anilines is 1. The van der Waals surface area contributed by atoms with E-state index in [0.29, 0.717) is 11.5 Å². The summed E-state index contributed by atoms with van der Waals surface area (Å²) in [5, 5.41) is 4.16. The molecule has 1 N–H and O–H groups in total. The van der Waals surface area contributed by atoms with Crippen molar-refractivity contribution in [2.24, 2.45) is 5.10 Å². The summed E-state index contributed by atoms with van der Waals surface area (Å²) < 4.78 is 11.3. The first-order valence-electron chi connectivity index (χ1n) is 12.6. The molecule has 0 atom stereocenters. The molecule has 0 fully saturated rings. The number of allylic oxidation sites excluding steroid dienone is 1. The van der Waals surface area contributed by atoms with Crippen LogP contribution in [0.2, 0.25) is 0 Å². The number of rotatable bonds is 9. The Morgan fingerprint density at radius 1 is 1.05 bits per heavy atom. The molecule has 1 aliphatic rings. The number of carbonyl (C=O) groups is 1. The minimum absolute atomic E-state index is 0.0798. The van der Waals surface area contributed by atoms with Gasteiger partial charge in [0.25, 0.3) is 5.91 Å². The number of amides is 1. The van der Waals surface area contributed by atoms with Crippen molar-refractivity contribution in [3.63, 3.8) is 0 Å². The third-order valence-electron chi connectivity index (χ3n) is 6.50. The van der Waals surface area contributed by atoms with Crippen LogP contribution in [-0.2, 0) is 4.79 Å². The largest absolute Gasteiger partial charge is 0.496 e. The Morgan fingerprint density at radius 3 is 2.43 bits per heavy atom. The van der Waals surface area contributed by atoms with E-state index >= 15 is 0 Å². The predicted octanol–water partition coefficient (Wildman–Crippen LogP) is 6.30. The van der Waals surface area contributed by atoms with Gasteiger partial charge in [-0.15, -0.1) is 0 Å². The summed E-state index contributed by atoms with van der Waals surface area (Å²) in [5.41, 5.74) is 8.98. The first-order chi connectivity index (χ1) is 17.8. The average molecular weight is 498 g/mol. The van der Waals surface area contributed by atoms with Crippen LogP contribution in [0.5, 0.6) is 11.5 Å². The summed E-state index contributed by atoms with van der Waals surface area (Å²) in [6.07, 6.45) is 4.96. The molecule has 3 aromatic rings. The number of nitrogens with zero attached hydrogens (tertiary/aromatic N) is 2. The molecule has 6 heteroatoms. The lowest BCUT2D eigenvalue weighted by Gasteiger charge is -2.43. The van der Waals surface area contributed by atoms with Gasteiger partial charge in [-0.3, -0.25) is 4.79 Å². The molecule has 0 aromatic heterocycles. The molecule has 0 radical (unpaired) electrons. The lowest BCUT2D eigenvalue weighted by molar-refractivity contribution is -0.123. The van der Waals surface area contributed by atoms with Crippen LogP contribution in [0.25, 0.3) is 16.7 Å². The van der Waals surface area contributed by atoms with Crippen LogP contribution in [0.4, 0.5) is 5.69 Å². The van der Waals surface area contributed by atoms with Crippen LogP contribution in [0, 0.1) is 0 Å². The number of methoxy groups -OCH3 is 1. The van der Waals surface area contributed by atoms with Crippen molar-refractivity contribution in [2.45, 2.75) is 39.7 Å². The van der Waals surface area contributed by atoms with Gasteiger partial charge in [-0.1, -0.05) is 55.5 Å². The van der Waals surface area contributed by atoms with Gasteiger partial charge in [0, 0.05) is 29.4 Å². The monoisotopic (exact) mass is 497 g/mol. The van der Waals surface area contributed by atoms with Gasteiger partial charge >= 0.3 is 0 Å². The van der Waals surface area contributed by atoms with Gasteiger partial charge < -0.3 is 14.4 Å². The van der Waals surface area contributed by atoms with Crippen LogP contribution in [0.1, 0.15) is 45.2 Å². The summed E-state index contributed by atoms with van der Waals surface area (Å²) >= 11 is 0. The number of fused-ring (bicyclic) bond motifs is 1. The molecule has 1 aliphatic heterocycles.